The Balaban J connectivity index is 1.56. The van der Waals surface area contributed by atoms with E-state index in [0.29, 0.717) is 54.6 Å². The standard InChI is InChI=1S/C25H26N6O4/c1-14-8-22(32)29-23-18(14)10-17(11-21(23)34-3)28-25(33)19-9-16(20-13-27-30-15(20)2)12-26-24(19)31-4-6-35-7-5-31/h8-13H,4-7H2,1-3H3,(H,27,30)(H,28,33)(H,29,32). The number of fused-ring (bicyclic) bond motifs is 1. The highest BCUT2D eigenvalue weighted by Gasteiger charge is 2.22. The molecular formula is C25H26N6O4. The van der Waals surface area contributed by atoms with Crippen LogP contribution in [0.3, 0.4) is 0 Å². The highest BCUT2D eigenvalue weighted by molar-refractivity contribution is 6.09. The maximum Gasteiger partial charge on any atom is 0.259 e. The van der Waals surface area contributed by atoms with Gasteiger partial charge in [-0.15, -0.1) is 0 Å². The number of aromatic nitrogens is 4. The lowest BCUT2D eigenvalue weighted by Gasteiger charge is -2.29. The number of methoxy groups -OCH3 is 1. The van der Waals surface area contributed by atoms with Crippen molar-refractivity contribution in [3.05, 3.63) is 63.8 Å². The van der Waals surface area contributed by atoms with Gasteiger partial charge in [-0.1, -0.05) is 0 Å². The van der Waals surface area contributed by atoms with Crippen LogP contribution in [0, 0.1) is 13.8 Å². The van der Waals surface area contributed by atoms with Crippen molar-refractivity contribution in [1.82, 2.24) is 20.2 Å². The number of nitrogens with zero attached hydrogens (tertiary/aromatic N) is 3. The Morgan fingerprint density at radius 2 is 1.94 bits per heavy atom. The van der Waals surface area contributed by atoms with Crippen LogP contribution in [0.2, 0.25) is 0 Å². The van der Waals surface area contributed by atoms with E-state index >= 15 is 0 Å². The number of anilines is 2. The zero-order valence-electron chi connectivity index (χ0n) is 19.8. The zero-order valence-corrected chi connectivity index (χ0v) is 19.8. The van der Waals surface area contributed by atoms with Gasteiger partial charge in [-0.25, -0.2) is 4.98 Å². The molecule has 4 aromatic rings. The predicted octanol–water partition coefficient (Wildman–Crippen LogP) is 3.03. The highest BCUT2D eigenvalue weighted by atomic mass is 16.5. The predicted molar refractivity (Wildman–Crippen MR) is 133 cm³/mol. The monoisotopic (exact) mass is 474 g/mol. The minimum atomic E-state index is -0.300. The first kappa shape index (κ1) is 22.6. The van der Waals surface area contributed by atoms with Crippen LogP contribution in [-0.4, -0.2) is 59.5 Å². The molecule has 0 spiro atoms. The van der Waals surface area contributed by atoms with Gasteiger partial charge in [-0.05, 0) is 31.5 Å². The first-order chi connectivity index (χ1) is 16.9. The van der Waals surface area contributed by atoms with Gasteiger partial charge >= 0.3 is 0 Å². The highest BCUT2D eigenvalue weighted by Crippen LogP contribution is 2.31. The molecule has 1 aliphatic heterocycles. The molecular weight excluding hydrogens is 448 g/mol. The van der Waals surface area contributed by atoms with E-state index in [1.165, 1.54) is 13.2 Å². The van der Waals surface area contributed by atoms with Crippen LogP contribution in [0.5, 0.6) is 5.75 Å². The van der Waals surface area contributed by atoms with Crippen LogP contribution in [-0.2, 0) is 4.74 Å². The molecule has 5 rings (SSSR count). The number of rotatable bonds is 5. The number of hydrogen-bond acceptors (Lipinski definition) is 7. The zero-order chi connectivity index (χ0) is 24.5. The molecule has 1 aliphatic rings. The Hall–Kier alpha value is -4.18. The summed E-state index contributed by atoms with van der Waals surface area (Å²) in [7, 11) is 1.53. The molecule has 1 amide bonds. The molecule has 0 saturated carbocycles. The number of aryl methyl sites for hydroxylation is 2. The van der Waals surface area contributed by atoms with Crippen molar-refractivity contribution < 1.29 is 14.3 Å². The van der Waals surface area contributed by atoms with Crippen molar-refractivity contribution >= 4 is 28.3 Å². The summed E-state index contributed by atoms with van der Waals surface area (Å²) in [4.78, 5) is 35.1. The molecule has 4 heterocycles. The molecule has 10 nitrogen and oxygen atoms in total. The Kier molecular flexibility index (Phi) is 5.96. The lowest BCUT2D eigenvalue weighted by molar-refractivity contribution is 0.102. The minimum absolute atomic E-state index is 0.210. The third kappa shape index (κ3) is 4.35. The molecule has 0 radical (unpaired) electrons. The average molecular weight is 475 g/mol. The van der Waals surface area contributed by atoms with Gasteiger partial charge in [0, 0.05) is 59.3 Å². The smallest absolute Gasteiger partial charge is 0.259 e. The fourth-order valence-corrected chi connectivity index (χ4v) is 4.36. The van der Waals surface area contributed by atoms with Gasteiger partial charge in [0.15, 0.2) is 0 Å². The van der Waals surface area contributed by atoms with E-state index in [1.807, 2.05) is 26.0 Å². The summed E-state index contributed by atoms with van der Waals surface area (Å²) in [6, 6.07) is 6.88. The maximum atomic E-state index is 13.6. The number of carbonyl (C=O) groups excluding carboxylic acids is 1. The van der Waals surface area contributed by atoms with E-state index in [1.54, 1.807) is 18.5 Å². The summed E-state index contributed by atoms with van der Waals surface area (Å²) in [6.07, 6.45) is 3.48. The molecule has 1 aromatic carbocycles. The first-order valence-corrected chi connectivity index (χ1v) is 11.3. The number of nitrogens with one attached hydrogen (secondary N) is 3. The van der Waals surface area contributed by atoms with Crippen LogP contribution in [0.25, 0.3) is 22.0 Å². The molecule has 0 unspecified atom stereocenters. The molecule has 180 valence electrons. The number of benzene rings is 1. The SMILES string of the molecule is COc1cc(NC(=O)c2cc(-c3cn[nH]c3C)cnc2N2CCOCC2)cc2c(C)cc(=O)[nH]c12. The third-order valence-electron chi connectivity index (χ3n) is 6.16. The van der Waals surface area contributed by atoms with Crippen molar-refractivity contribution in [3.8, 4) is 16.9 Å². The number of H-pyrrole nitrogens is 2. The van der Waals surface area contributed by atoms with E-state index < -0.39 is 0 Å². The van der Waals surface area contributed by atoms with Gasteiger partial charge in [0.05, 0.1) is 37.6 Å². The number of ether oxygens (including phenoxy) is 2. The molecule has 3 N–H and O–H groups in total. The van der Waals surface area contributed by atoms with Gasteiger partial charge in [-0.2, -0.15) is 5.10 Å². The second-order valence-electron chi connectivity index (χ2n) is 8.48. The molecule has 1 saturated heterocycles. The van der Waals surface area contributed by atoms with Gasteiger partial charge in [0.1, 0.15) is 11.6 Å². The first-order valence-electron chi connectivity index (χ1n) is 11.3. The van der Waals surface area contributed by atoms with E-state index in [-0.39, 0.29) is 11.5 Å². The van der Waals surface area contributed by atoms with E-state index in [9.17, 15) is 9.59 Å². The number of aromatic amines is 2. The minimum Gasteiger partial charge on any atom is -0.494 e. The van der Waals surface area contributed by atoms with Gasteiger partial charge in [0.2, 0.25) is 5.56 Å². The molecule has 10 heteroatoms. The van der Waals surface area contributed by atoms with Crippen LogP contribution < -0.4 is 20.5 Å². The van der Waals surface area contributed by atoms with E-state index in [2.05, 4.69) is 30.4 Å². The molecule has 0 bridgehead atoms. The van der Waals surface area contributed by atoms with Gasteiger partial charge in [-0.3, -0.25) is 14.7 Å². The third-order valence-corrected chi connectivity index (χ3v) is 6.16. The summed E-state index contributed by atoms with van der Waals surface area (Å²) in [5.74, 6) is 0.766. The van der Waals surface area contributed by atoms with Gasteiger partial charge in [0.25, 0.3) is 5.91 Å². The number of morpholine rings is 1. The topological polar surface area (TPSA) is 125 Å². The van der Waals surface area contributed by atoms with Crippen LogP contribution >= 0.6 is 0 Å². The summed E-state index contributed by atoms with van der Waals surface area (Å²) in [5.41, 5.74) is 4.72. The van der Waals surface area contributed by atoms with Crippen LogP contribution in [0.4, 0.5) is 11.5 Å². The summed E-state index contributed by atoms with van der Waals surface area (Å²) in [5, 5.41) is 10.8. The van der Waals surface area contributed by atoms with Crippen molar-refractivity contribution in [2.45, 2.75) is 13.8 Å². The summed E-state index contributed by atoms with van der Waals surface area (Å²) in [6.45, 7) is 6.21. The van der Waals surface area contributed by atoms with Crippen molar-refractivity contribution in [2.75, 3.05) is 43.6 Å². The summed E-state index contributed by atoms with van der Waals surface area (Å²) >= 11 is 0. The lowest BCUT2D eigenvalue weighted by atomic mass is 10.1. The Morgan fingerprint density at radius 3 is 2.66 bits per heavy atom. The Labute approximate surface area is 201 Å². The van der Waals surface area contributed by atoms with Crippen molar-refractivity contribution in [3.63, 3.8) is 0 Å². The summed E-state index contributed by atoms with van der Waals surface area (Å²) < 4.78 is 11.0. The second kappa shape index (κ2) is 9.22. The number of amides is 1. The van der Waals surface area contributed by atoms with E-state index in [4.69, 9.17) is 9.47 Å². The van der Waals surface area contributed by atoms with Crippen LogP contribution in [0.1, 0.15) is 21.6 Å². The molecule has 0 aliphatic carbocycles. The fraction of sp³-hybridized carbons (Fsp3) is 0.280. The quantitative estimate of drug-likeness (QED) is 0.406. The number of hydrogen-bond donors (Lipinski definition) is 3. The lowest BCUT2D eigenvalue weighted by Crippen LogP contribution is -2.38. The molecule has 1 fully saturated rings. The molecule has 0 atom stereocenters. The van der Waals surface area contributed by atoms with Crippen molar-refractivity contribution in [2.24, 2.45) is 0 Å². The fourth-order valence-electron chi connectivity index (χ4n) is 4.36. The Bertz CT molecular complexity index is 1470. The van der Waals surface area contributed by atoms with Crippen LogP contribution in [0.15, 0.2) is 41.5 Å². The maximum absolute atomic E-state index is 13.6. The average Bonchev–Trinajstić information content (AvgIpc) is 3.30. The number of carbonyl (C=O) groups is 1. The molecule has 35 heavy (non-hydrogen) atoms. The van der Waals surface area contributed by atoms with Gasteiger partial charge < -0.3 is 24.7 Å². The number of pyridine rings is 2. The normalized spacial score (nSPS) is 13.7. The largest absolute Gasteiger partial charge is 0.494 e. The van der Waals surface area contributed by atoms with Crippen molar-refractivity contribution in [1.29, 1.82) is 0 Å². The second-order valence-corrected chi connectivity index (χ2v) is 8.48. The Morgan fingerprint density at radius 1 is 1.14 bits per heavy atom. The van der Waals surface area contributed by atoms with E-state index in [0.717, 1.165) is 27.8 Å². The molecule has 3 aromatic heterocycles.